The van der Waals surface area contributed by atoms with E-state index in [1.807, 2.05) is 6.08 Å². The Bertz CT molecular complexity index is 618. The fourth-order valence-electron chi connectivity index (χ4n) is 6.03. The summed E-state index contributed by atoms with van der Waals surface area (Å²) in [5.41, 5.74) is 7.00. The molecule has 0 spiro atoms. The zero-order valence-corrected chi connectivity index (χ0v) is 14.8. The van der Waals surface area contributed by atoms with Crippen molar-refractivity contribution in [1.82, 2.24) is 0 Å². The maximum atomic E-state index is 11.7. The molecule has 1 nitrogen and oxygen atoms in total. The minimum absolute atomic E-state index is 0.356. The first-order valence-electron chi connectivity index (χ1n) is 9.78. The monoisotopic (exact) mass is 310 g/mol. The van der Waals surface area contributed by atoms with Crippen molar-refractivity contribution in [1.29, 1.82) is 0 Å². The van der Waals surface area contributed by atoms with E-state index in [2.05, 4.69) is 19.9 Å². The van der Waals surface area contributed by atoms with Gasteiger partial charge in [0.05, 0.1) is 0 Å². The third kappa shape index (κ3) is 2.39. The number of hydrogen-bond acceptors (Lipinski definition) is 1. The molecule has 0 unspecified atom stereocenters. The number of carbonyl (C=O) groups excluding carboxylic acids is 1. The SMILES string of the molecule is CCCC=C1CC[C@H]2[C@@H]3CCC4=CC(=O)CCC4=C3CC[C@]12C. The summed E-state index contributed by atoms with van der Waals surface area (Å²) < 4.78 is 0. The van der Waals surface area contributed by atoms with Gasteiger partial charge in [0.25, 0.3) is 0 Å². The lowest BCUT2D eigenvalue weighted by molar-refractivity contribution is -0.114. The number of allylic oxidation sites excluding steroid dienone is 6. The van der Waals surface area contributed by atoms with Crippen LogP contribution in [0.2, 0.25) is 0 Å². The Morgan fingerprint density at radius 2 is 2.04 bits per heavy atom. The number of carbonyl (C=O) groups is 1. The van der Waals surface area contributed by atoms with Crippen LogP contribution in [0.4, 0.5) is 0 Å². The van der Waals surface area contributed by atoms with Gasteiger partial charge in [0.15, 0.2) is 5.78 Å². The van der Waals surface area contributed by atoms with Gasteiger partial charge in [0.1, 0.15) is 0 Å². The highest BCUT2D eigenvalue weighted by Gasteiger charge is 2.50. The molecule has 2 saturated carbocycles. The van der Waals surface area contributed by atoms with E-state index in [1.54, 1.807) is 16.7 Å². The van der Waals surface area contributed by atoms with E-state index in [-0.39, 0.29) is 0 Å². The molecule has 4 rings (SSSR count). The second-order valence-corrected chi connectivity index (χ2v) is 8.37. The maximum Gasteiger partial charge on any atom is 0.156 e. The van der Waals surface area contributed by atoms with Gasteiger partial charge in [-0.25, -0.2) is 0 Å². The molecule has 3 atom stereocenters. The first kappa shape index (κ1) is 15.4. The normalized spacial score (nSPS) is 38.3. The molecule has 124 valence electrons. The fraction of sp³-hybridized carbons (Fsp3) is 0.682. The van der Waals surface area contributed by atoms with E-state index in [0.29, 0.717) is 11.2 Å². The molecule has 4 aliphatic carbocycles. The largest absolute Gasteiger partial charge is 0.295 e. The lowest BCUT2D eigenvalue weighted by Crippen LogP contribution is -2.37. The molecule has 23 heavy (non-hydrogen) atoms. The summed E-state index contributed by atoms with van der Waals surface area (Å²) >= 11 is 0. The minimum Gasteiger partial charge on any atom is -0.295 e. The Morgan fingerprint density at radius 1 is 1.17 bits per heavy atom. The molecule has 0 amide bonds. The van der Waals surface area contributed by atoms with Crippen LogP contribution in [-0.2, 0) is 4.79 Å². The molecule has 1 heteroatoms. The van der Waals surface area contributed by atoms with Crippen molar-refractivity contribution in [3.05, 3.63) is 34.4 Å². The van der Waals surface area contributed by atoms with Gasteiger partial charge < -0.3 is 0 Å². The Morgan fingerprint density at radius 3 is 2.87 bits per heavy atom. The number of hydrogen-bond donors (Lipinski definition) is 0. The Balaban J connectivity index is 1.67. The van der Waals surface area contributed by atoms with Crippen LogP contribution in [0.25, 0.3) is 0 Å². The molecule has 0 aliphatic heterocycles. The highest BCUT2D eigenvalue weighted by molar-refractivity contribution is 5.93. The van der Waals surface area contributed by atoms with Gasteiger partial charge >= 0.3 is 0 Å². The quantitative estimate of drug-likeness (QED) is 0.579. The molecule has 2 fully saturated rings. The zero-order valence-electron chi connectivity index (χ0n) is 14.8. The average molecular weight is 310 g/mol. The summed E-state index contributed by atoms with van der Waals surface area (Å²) in [6, 6.07) is 0. The van der Waals surface area contributed by atoms with E-state index in [0.717, 1.165) is 31.1 Å². The van der Waals surface area contributed by atoms with Crippen molar-refractivity contribution >= 4 is 5.78 Å². The number of unbranched alkanes of at least 4 members (excludes halogenated alkanes) is 1. The minimum atomic E-state index is 0.356. The molecule has 0 aromatic rings. The summed E-state index contributed by atoms with van der Waals surface area (Å²) in [6.45, 7) is 4.85. The van der Waals surface area contributed by atoms with E-state index in [9.17, 15) is 4.79 Å². The fourth-order valence-corrected chi connectivity index (χ4v) is 6.03. The van der Waals surface area contributed by atoms with Crippen LogP contribution >= 0.6 is 0 Å². The van der Waals surface area contributed by atoms with E-state index in [4.69, 9.17) is 0 Å². The van der Waals surface area contributed by atoms with Crippen molar-refractivity contribution in [3.8, 4) is 0 Å². The number of rotatable bonds is 2. The van der Waals surface area contributed by atoms with E-state index in [1.165, 1.54) is 50.5 Å². The smallest absolute Gasteiger partial charge is 0.156 e. The third-order valence-corrected chi connectivity index (χ3v) is 7.26. The van der Waals surface area contributed by atoms with Crippen molar-refractivity contribution in [2.45, 2.75) is 78.1 Å². The van der Waals surface area contributed by atoms with Crippen LogP contribution in [0.15, 0.2) is 34.4 Å². The van der Waals surface area contributed by atoms with Gasteiger partial charge in [-0.3, -0.25) is 4.79 Å². The molecule has 0 N–H and O–H groups in total. The molecule has 0 heterocycles. The molecular formula is C22H30O. The standard InChI is InChI=1S/C22H30O/c1-3-4-5-16-7-11-21-20-9-6-15-14-17(23)8-10-18(15)19(20)12-13-22(16,21)2/h5,14,20-21H,3-4,6-13H2,1-2H3/t20-,21+,22-/m1/s1. The van der Waals surface area contributed by atoms with Gasteiger partial charge in [0, 0.05) is 6.42 Å². The predicted octanol–water partition coefficient (Wildman–Crippen LogP) is 5.92. The lowest BCUT2D eigenvalue weighted by atomic mass is 9.57. The summed E-state index contributed by atoms with van der Waals surface area (Å²) in [6.07, 6.45) is 16.6. The van der Waals surface area contributed by atoms with Crippen molar-refractivity contribution < 1.29 is 4.79 Å². The van der Waals surface area contributed by atoms with Crippen molar-refractivity contribution in [3.63, 3.8) is 0 Å². The van der Waals surface area contributed by atoms with Gasteiger partial charge in [0.2, 0.25) is 0 Å². The second-order valence-electron chi connectivity index (χ2n) is 8.37. The van der Waals surface area contributed by atoms with Crippen LogP contribution in [0, 0.1) is 17.3 Å². The highest BCUT2D eigenvalue weighted by Crippen LogP contribution is 2.62. The Kier molecular flexibility index (Phi) is 3.86. The molecule has 0 radical (unpaired) electrons. The van der Waals surface area contributed by atoms with E-state index >= 15 is 0 Å². The topological polar surface area (TPSA) is 17.1 Å². The van der Waals surface area contributed by atoms with Crippen LogP contribution in [-0.4, -0.2) is 5.78 Å². The first-order chi connectivity index (χ1) is 11.1. The summed E-state index contributed by atoms with van der Waals surface area (Å²) in [5, 5.41) is 0. The Hall–Kier alpha value is -1.11. The molecule has 4 aliphatic rings. The molecule has 0 aromatic carbocycles. The number of ketones is 1. The second kappa shape index (κ2) is 5.76. The highest BCUT2D eigenvalue weighted by atomic mass is 16.1. The average Bonchev–Trinajstić information content (AvgIpc) is 2.89. The maximum absolute atomic E-state index is 11.7. The van der Waals surface area contributed by atoms with Crippen LogP contribution < -0.4 is 0 Å². The van der Waals surface area contributed by atoms with Crippen LogP contribution in [0.1, 0.15) is 78.1 Å². The van der Waals surface area contributed by atoms with Gasteiger partial charge in [-0.05, 0) is 85.8 Å². The number of fused-ring (bicyclic) bond motifs is 4. The van der Waals surface area contributed by atoms with Crippen molar-refractivity contribution in [2.75, 3.05) is 0 Å². The third-order valence-electron chi connectivity index (χ3n) is 7.26. The lowest BCUT2D eigenvalue weighted by Gasteiger charge is -2.47. The molecule has 0 saturated heterocycles. The summed E-state index contributed by atoms with van der Waals surface area (Å²) in [5.74, 6) is 2.02. The summed E-state index contributed by atoms with van der Waals surface area (Å²) in [4.78, 5) is 11.7. The van der Waals surface area contributed by atoms with E-state index < -0.39 is 0 Å². The van der Waals surface area contributed by atoms with Crippen LogP contribution in [0.5, 0.6) is 0 Å². The van der Waals surface area contributed by atoms with Gasteiger partial charge in [-0.15, -0.1) is 0 Å². The Labute approximate surface area is 140 Å². The summed E-state index contributed by atoms with van der Waals surface area (Å²) in [7, 11) is 0. The molecule has 0 bridgehead atoms. The first-order valence-corrected chi connectivity index (χ1v) is 9.78. The molecular weight excluding hydrogens is 280 g/mol. The zero-order chi connectivity index (χ0) is 16.0. The van der Waals surface area contributed by atoms with Gasteiger partial charge in [-0.2, -0.15) is 0 Å². The van der Waals surface area contributed by atoms with Crippen molar-refractivity contribution in [2.24, 2.45) is 17.3 Å². The van der Waals surface area contributed by atoms with Crippen LogP contribution in [0.3, 0.4) is 0 Å². The molecule has 0 aromatic heterocycles. The predicted molar refractivity (Wildman–Crippen MR) is 95.1 cm³/mol. The van der Waals surface area contributed by atoms with Gasteiger partial charge in [-0.1, -0.05) is 37.5 Å².